The van der Waals surface area contributed by atoms with Gasteiger partial charge in [-0.3, -0.25) is 4.90 Å². The Kier molecular flexibility index (Phi) is 5.65. The number of hydrogen-bond donors (Lipinski definition) is 1. The second-order valence-electron chi connectivity index (χ2n) is 6.56. The lowest BCUT2D eigenvalue weighted by Gasteiger charge is -2.35. The highest BCUT2D eigenvalue weighted by Crippen LogP contribution is 2.28. The molecule has 1 N–H and O–H groups in total. The van der Waals surface area contributed by atoms with Crippen molar-refractivity contribution in [2.75, 3.05) is 27.2 Å². The van der Waals surface area contributed by atoms with Crippen molar-refractivity contribution in [3.05, 3.63) is 29.3 Å². The van der Waals surface area contributed by atoms with Crippen LogP contribution in [0.3, 0.4) is 0 Å². The normalized spacial score (nSPS) is 24.8. The molecule has 21 heavy (non-hydrogen) atoms. The number of rotatable bonds is 5. The Balaban J connectivity index is 2.14. The number of piperidine rings is 1. The summed E-state index contributed by atoms with van der Waals surface area (Å²) in [5, 5.41) is 3.31. The van der Waals surface area contributed by atoms with Crippen LogP contribution in [-0.2, 0) is 6.54 Å². The third-order valence-corrected chi connectivity index (χ3v) is 5.05. The summed E-state index contributed by atoms with van der Waals surface area (Å²) in [6.45, 7) is 10.3. The van der Waals surface area contributed by atoms with Crippen LogP contribution in [-0.4, -0.2) is 32.1 Å². The van der Waals surface area contributed by atoms with Crippen LogP contribution in [0.4, 0.5) is 0 Å². The standard InChI is InChI=1S/C18H30N2O/c1-13-8-9-20(11-14(13)2)12-17-10-16(15(3)19-4)6-7-18(17)21-5/h6-7,10,13-15,19H,8-9,11-12H2,1-5H3. The lowest BCUT2D eigenvalue weighted by atomic mass is 9.88. The van der Waals surface area contributed by atoms with Crippen LogP contribution in [0.25, 0.3) is 0 Å². The van der Waals surface area contributed by atoms with Crippen molar-refractivity contribution in [3.8, 4) is 5.75 Å². The van der Waals surface area contributed by atoms with E-state index in [1.807, 2.05) is 7.05 Å². The van der Waals surface area contributed by atoms with Gasteiger partial charge in [0.15, 0.2) is 0 Å². The predicted octanol–water partition coefficient (Wildman–Crippen LogP) is 3.45. The van der Waals surface area contributed by atoms with Crippen molar-refractivity contribution in [1.29, 1.82) is 0 Å². The van der Waals surface area contributed by atoms with Gasteiger partial charge in [0.1, 0.15) is 5.75 Å². The van der Waals surface area contributed by atoms with Gasteiger partial charge in [0.05, 0.1) is 7.11 Å². The van der Waals surface area contributed by atoms with E-state index in [4.69, 9.17) is 4.74 Å². The second kappa shape index (κ2) is 7.28. The van der Waals surface area contributed by atoms with Crippen molar-refractivity contribution in [2.24, 2.45) is 11.8 Å². The average Bonchev–Trinajstić information content (AvgIpc) is 2.50. The first-order valence-corrected chi connectivity index (χ1v) is 8.11. The van der Waals surface area contributed by atoms with E-state index >= 15 is 0 Å². The number of methoxy groups -OCH3 is 1. The highest BCUT2D eigenvalue weighted by Gasteiger charge is 2.23. The third-order valence-electron chi connectivity index (χ3n) is 5.05. The molecule has 1 aromatic carbocycles. The van der Waals surface area contributed by atoms with Gasteiger partial charge in [0, 0.05) is 24.7 Å². The van der Waals surface area contributed by atoms with Crippen LogP contribution in [0.5, 0.6) is 5.75 Å². The lowest BCUT2D eigenvalue weighted by Crippen LogP contribution is -2.37. The van der Waals surface area contributed by atoms with Crippen LogP contribution in [0.1, 0.15) is 44.4 Å². The number of hydrogen-bond acceptors (Lipinski definition) is 3. The van der Waals surface area contributed by atoms with Gasteiger partial charge in [-0.15, -0.1) is 0 Å². The van der Waals surface area contributed by atoms with E-state index in [1.54, 1.807) is 7.11 Å². The van der Waals surface area contributed by atoms with E-state index in [9.17, 15) is 0 Å². The molecule has 0 spiro atoms. The van der Waals surface area contributed by atoms with Gasteiger partial charge in [0.2, 0.25) is 0 Å². The number of nitrogens with zero attached hydrogens (tertiary/aromatic N) is 1. The molecule has 0 radical (unpaired) electrons. The van der Waals surface area contributed by atoms with Crippen molar-refractivity contribution >= 4 is 0 Å². The van der Waals surface area contributed by atoms with Gasteiger partial charge in [-0.25, -0.2) is 0 Å². The fourth-order valence-electron chi connectivity index (χ4n) is 3.09. The molecular formula is C18H30N2O. The molecule has 0 aliphatic carbocycles. The molecule has 118 valence electrons. The largest absolute Gasteiger partial charge is 0.496 e. The summed E-state index contributed by atoms with van der Waals surface area (Å²) in [4.78, 5) is 2.57. The maximum Gasteiger partial charge on any atom is 0.123 e. The molecule has 1 fully saturated rings. The van der Waals surface area contributed by atoms with Gasteiger partial charge in [-0.2, -0.15) is 0 Å². The summed E-state index contributed by atoms with van der Waals surface area (Å²) < 4.78 is 5.56. The zero-order valence-electron chi connectivity index (χ0n) is 14.1. The Labute approximate surface area is 129 Å². The summed E-state index contributed by atoms with van der Waals surface area (Å²) in [6.07, 6.45) is 1.30. The minimum atomic E-state index is 0.370. The second-order valence-corrected chi connectivity index (χ2v) is 6.56. The third kappa shape index (κ3) is 3.98. The molecule has 0 aromatic heterocycles. The predicted molar refractivity (Wildman–Crippen MR) is 88.7 cm³/mol. The highest BCUT2D eigenvalue weighted by molar-refractivity contribution is 5.38. The van der Waals surface area contributed by atoms with Crippen molar-refractivity contribution < 1.29 is 4.74 Å². The summed E-state index contributed by atoms with van der Waals surface area (Å²) in [5.74, 6) is 2.64. The molecular weight excluding hydrogens is 260 g/mol. The van der Waals surface area contributed by atoms with Crippen LogP contribution >= 0.6 is 0 Å². The number of nitrogens with one attached hydrogen (secondary N) is 1. The van der Waals surface area contributed by atoms with E-state index in [0.717, 1.165) is 24.1 Å². The molecule has 3 heteroatoms. The first-order chi connectivity index (χ1) is 10.0. The number of likely N-dealkylation sites (tertiary alicyclic amines) is 1. The summed E-state index contributed by atoms with van der Waals surface area (Å²) >= 11 is 0. The first-order valence-electron chi connectivity index (χ1n) is 8.11. The zero-order valence-corrected chi connectivity index (χ0v) is 14.1. The SMILES string of the molecule is CNC(C)c1ccc(OC)c(CN2CCC(C)C(C)C2)c1. The zero-order chi connectivity index (χ0) is 15.4. The van der Waals surface area contributed by atoms with Crippen LogP contribution < -0.4 is 10.1 Å². The summed E-state index contributed by atoms with van der Waals surface area (Å²) in [5.41, 5.74) is 2.63. The molecule has 1 aliphatic rings. The maximum atomic E-state index is 5.56. The molecule has 0 bridgehead atoms. The van der Waals surface area contributed by atoms with Crippen LogP contribution in [0, 0.1) is 11.8 Å². The lowest BCUT2D eigenvalue weighted by molar-refractivity contribution is 0.131. The van der Waals surface area contributed by atoms with Crippen LogP contribution in [0.2, 0.25) is 0 Å². The van der Waals surface area contributed by atoms with E-state index in [0.29, 0.717) is 6.04 Å². The van der Waals surface area contributed by atoms with E-state index in [-0.39, 0.29) is 0 Å². The molecule has 0 saturated carbocycles. The Morgan fingerprint density at radius 3 is 2.71 bits per heavy atom. The Morgan fingerprint density at radius 1 is 1.33 bits per heavy atom. The quantitative estimate of drug-likeness (QED) is 0.899. The van der Waals surface area contributed by atoms with Crippen LogP contribution in [0.15, 0.2) is 18.2 Å². The molecule has 1 aromatic rings. The number of ether oxygens (including phenoxy) is 1. The van der Waals surface area contributed by atoms with E-state index < -0.39 is 0 Å². The number of benzene rings is 1. The summed E-state index contributed by atoms with van der Waals surface area (Å²) in [7, 11) is 3.77. The van der Waals surface area contributed by atoms with Crippen molar-refractivity contribution in [2.45, 2.75) is 39.8 Å². The average molecular weight is 290 g/mol. The molecule has 3 atom stereocenters. The highest BCUT2D eigenvalue weighted by atomic mass is 16.5. The minimum Gasteiger partial charge on any atom is -0.496 e. The van der Waals surface area contributed by atoms with E-state index in [1.165, 1.54) is 30.6 Å². The van der Waals surface area contributed by atoms with Gasteiger partial charge in [-0.1, -0.05) is 19.9 Å². The van der Waals surface area contributed by atoms with Crippen molar-refractivity contribution in [1.82, 2.24) is 10.2 Å². The Hall–Kier alpha value is -1.06. The van der Waals surface area contributed by atoms with Crippen molar-refractivity contribution in [3.63, 3.8) is 0 Å². The fourth-order valence-corrected chi connectivity index (χ4v) is 3.09. The molecule has 2 rings (SSSR count). The van der Waals surface area contributed by atoms with Gasteiger partial charge in [0.25, 0.3) is 0 Å². The maximum absolute atomic E-state index is 5.56. The molecule has 0 amide bonds. The summed E-state index contributed by atoms with van der Waals surface area (Å²) in [6, 6.07) is 6.93. The Morgan fingerprint density at radius 2 is 2.10 bits per heavy atom. The smallest absolute Gasteiger partial charge is 0.123 e. The van der Waals surface area contributed by atoms with Gasteiger partial charge in [-0.05, 0) is 56.5 Å². The molecule has 3 unspecified atom stereocenters. The molecule has 3 nitrogen and oxygen atoms in total. The molecule has 1 aliphatic heterocycles. The van der Waals surface area contributed by atoms with Gasteiger partial charge < -0.3 is 10.1 Å². The Bertz CT molecular complexity index is 461. The topological polar surface area (TPSA) is 24.5 Å². The minimum absolute atomic E-state index is 0.370. The fraction of sp³-hybridized carbons (Fsp3) is 0.667. The monoisotopic (exact) mass is 290 g/mol. The first kappa shape index (κ1) is 16.3. The molecule has 1 saturated heterocycles. The molecule has 1 heterocycles. The van der Waals surface area contributed by atoms with Gasteiger partial charge >= 0.3 is 0 Å². The van der Waals surface area contributed by atoms with E-state index in [2.05, 4.69) is 49.2 Å².